The van der Waals surface area contributed by atoms with E-state index in [1.54, 1.807) is 0 Å². The SMILES string of the molecule is CCCCOCCCC(=O)N(CC)CC. The number of rotatable bonds is 9. The summed E-state index contributed by atoms with van der Waals surface area (Å²) in [6.07, 6.45) is 3.75. The first-order valence-corrected chi connectivity index (χ1v) is 6.11. The fourth-order valence-corrected chi connectivity index (χ4v) is 1.41. The van der Waals surface area contributed by atoms with Crippen molar-refractivity contribution in [1.29, 1.82) is 0 Å². The second-order valence-electron chi connectivity index (χ2n) is 3.64. The molecule has 0 N–H and O–H groups in total. The Bertz CT molecular complexity index is 156. The van der Waals surface area contributed by atoms with Gasteiger partial charge in [-0.3, -0.25) is 4.79 Å². The zero-order valence-electron chi connectivity index (χ0n) is 10.4. The molecule has 0 saturated carbocycles. The van der Waals surface area contributed by atoms with Crippen LogP contribution in [0.5, 0.6) is 0 Å². The summed E-state index contributed by atoms with van der Waals surface area (Å²) in [5.41, 5.74) is 0. The smallest absolute Gasteiger partial charge is 0.222 e. The van der Waals surface area contributed by atoms with E-state index in [1.807, 2.05) is 18.7 Å². The molecule has 0 aromatic rings. The molecular formula is C12H25NO2. The molecule has 15 heavy (non-hydrogen) atoms. The van der Waals surface area contributed by atoms with Gasteiger partial charge in [-0.25, -0.2) is 0 Å². The fraction of sp³-hybridized carbons (Fsp3) is 0.917. The molecule has 1 amide bonds. The Morgan fingerprint density at radius 3 is 2.20 bits per heavy atom. The van der Waals surface area contributed by atoms with Gasteiger partial charge >= 0.3 is 0 Å². The molecule has 3 nitrogen and oxygen atoms in total. The van der Waals surface area contributed by atoms with Gasteiger partial charge in [0, 0.05) is 32.7 Å². The fourth-order valence-electron chi connectivity index (χ4n) is 1.41. The van der Waals surface area contributed by atoms with E-state index in [0.29, 0.717) is 13.0 Å². The molecule has 90 valence electrons. The zero-order valence-corrected chi connectivity index (χ0v) is 10.4. The van der Waals surface area contributed by atoms with Crippen molar-refractivity contribution in [3.63, 3.8) is 0 Å². The van der Waals surface area contributed by atoms with Gasteiger partial charge in [-0.2, -0.15) is 0 Å². The summed E-state index contributed by atoms with van der Waals surface area (Å²) in [7, 11) is 0. The van der Waals surface area contributed by atoms with Gasteiger partial charge in [-0.1, -0.05) is 13.3 Å². The van der Waals surface area contributed by atoms with Crippen LogP contribution in [0.4, 0.5) is 0 Å². The Balaban J connectivity index is 3.38. The van der Waals surface area contributed by atoms with E-state index in [-0.39, 0.29) is 5.91 Å². The first-order valence-electron chi connectivity index (χ1n) is 6.11. The number of carbonyl (C=O) groups is 1. The van der Waals surface area contributed by atoms with Gasteiger partial charge in [0.15, 0.2) is 0 Å². The molecule has 0 saturated heterocycles. The molecule has 0 bridgehead atoms. The van der Waals surface area contributed by atoms with Gasteiger partial charge in [-0.05, 0) is 26.7 Å². The van der Waals surface area contributed by atoms with Gasteiger partial charge < -0.3 is 9.64 Å². The van der Waals surface area contributed by atoms with Crippen LogP contribution in [0.15, 0.2) is 0 Å². The number of carbonyl (C=O) groups excluding carboxylic acids is 1. The number of ether oxygens (including phenoxy) is 1. The average molecular weight is 215 g/mol. The monoisotopic (exact) mass is 215 g/mol. The lowest BCUT2D eigenvalue weighted by atomic mass is 10.3. The molecule has 0 radical (unpaired) electrons. The number of nitrogens with zero attached hydrogens (tertiary/aromatic N) is 1. The van der Waals surface area contributed by atoms with Gasteiger partial charge in [0.2, 0.25) is 5.91 Å². The maximum absolute atomic E-state index is 11.6. The minimum absolute atomic E-state index is 0.249. The van der Waals surface area contributed by atoms with Crippen LogP contribution in [-0.2, 0) is 9.53 Å². The van der Waals surface area contributed by atoms with Crippen LogP contribution < -0.4 is 0 Å². The molecule has 0 aliphatic rings. The number of hydrogen-bond acceptors (Lipinski definition) is 2. The summed E-state index contributed by atoms with van der Waals surface area (Å²) in [5, 5.41) is 0. The Labute approximate surface area is 93.8 Å². The predicted octanol–water partition coefficient (Wildman–Crippen LogP) is 2.45. The van der Waals surface area contributed by atoms with Gasteiger partial charge in [0.05, 0.1) is 0 Å². The molecular weight excluding hydrogens is 190 g/mol. The van der Waals surface area contributed by atoms with Gasteiger partial charge in [-0.15, -0.1) is 0 Å². The van der Waals surface area contributed by atoms with Crippen LogP contribution in [0.3, 0.4) is 0 Å². The van der Waals surface area contributed by atoms with Crippen LogP contribution in [0, 0.1) is 0 Å². The third-order valence-electron chi connectivity index (χ3n) is 2.44. The molecule has 0 rings (SSSR count). The second-order valence-corrected chi connectivity index (χ2v) is 3.64. The molecule has 0 heterocycles. The van der Waals surface area contributed by atoms with Crippen molar-refractivity contribution in [3.05, 3.63) is 0 Å². The largest absolute Gasteiger partial charge is 0.381 e. The molecule has 0 atom stereocenters. The lowest BCUT2D eigenvalue weighted by Gasteiger charge is -2.18. The first-order chi connectivity index (χ1) is 7.26. The number of amides is 1. The van der Waals surface area contributed by atoms with Crippen molar-refractivity contribution in [2.24, 2.45) is 0 Å². The lowest BCUT2D eigenvalue weighted by Crippen LogP contribution is -2.30. The first kappa shape index (κ1) is 14.4. The summed E-state index contributed by atoms with van der Waals surface area (Å²) in [5.74, 6) is 0.249. The minimum atomic E-state index is 0.249. The summed E-state index contributed by atoms with van der Waals surface area (Å²) >= 11 is 0. The lowest BCUT2D eigenvalue weighted by molar-refractivity contribution is -0.131. The van der Waals surface area contributed by atoms with E-state index in [1.165, 1.54) is 6.42 Å². The van der Waals surface area contributed by atoms with Crippen molar-refractivity contribution in [2.45, 2.75) is 46.5 Å². The van der Waals surface area contributed by atoms with Crippen LogP contribution in [-0.4, -0.2) is 37.1 Å². The highest BCUT2D eigenvalue weighted by Gasteiger charge is 2.07. The predicted molar refractivity (Wildman–Crippen MR) is 62.9 cm³/mol. The Hall–Kier alpha value is -0.570. The van der Waals surface area contributed by atoms with E-state index >= 15 is 0 Å². The molecule has 0 unspecified atom stereocenters. The average Bonchev–Trinajstić information content (AvgIpc) is 2.25. The normalized spacial score (nSPS) is 10.3. The van der Waals surface area contributed by atoms with Crippen molar-refractivity contribution < 1.29 is 9.53 Å². The quantitative estimate of drug-likeness (QED) is 0.553. The van der Waals surface area contributed by atoms with Crippen LogP contribution in [0.2, 0.25) is 0 Å². The summed E-state index contributed by atoms with van der Waals surface area (Å²) in [6.45, 7) is 9.34. The molecule has 0 fully saturated rings. The molecule has 0 aromatic carbocycles. The van der Waals surface area contributed by atoms with Crippen molar-refractivity contribution in [1.82, 2.24) is 4.90 Å². The van der Waals surface area contributed by atoms with Crippen molar-refractivity contribution in [2.75, 3.05) is 26.3 Å². The summed E-state index contributed by atoms with van der Waals surface area (Å²) < 4.78 is 5.40. The highest BCUT2D eigenvalue weighted by atomic mass is 16.5. The highest BCUT2D eigenvalue weighted by Crippen LogP contribution is 1.98. The molecule has 3 heteroatoms. The third-order valence-corrected chi connectivity index (χ3v) is 2.44. The van der Waals surface area contributed by atoms with E-state index in [9.17, 15) is 4.79 Å². The maximum Gasteiger partial charge on any atom is 0.222 e. The third kappa shape index (κ3) is 7.37. The van der Waals surface area contributed by atoms with Gasteiger partial charge in [0.1, 0.15) is 0 Å². The van der Waals surface area contributed by atoms with E-state index < -0.39 is 0 Å². The number of unbranched alkanes of at least 4 members (excludes halogenated alkanes) is 1. The van der Waals surface area contributed by atoms with Crippen LogP contribution in [0.25, 0.3) is 0 Å². The zero-order chi connectivity index (χ0) is 11.5. The Kier molecular flexibility index (Phi) is 9.59. The molecule has 0 aliphatic heterocycles. The Morgan fingerprint density at radius 2 is 1.67 bits per heavy atom. The van der Waals surface area contributed by atoms with E-state index in [0.717, 1.165) is 32.5 Å². The molecule has 0 aliphatic carbocycles. The maximum atomic E-state index is 11.6. The minimum Gasteiger partial charge on any atom is -0.381 e. The topological polar surface area (TPSA) is 29.5 Å². The second kappa shape index (κ2) is 9.97. The van der Waals surface area contributed by atoms with Crippen LogP contribution in [0.1, 0.15) is 46.5 Å². The number of hydrogen-bond donors (Lipinski definition) is 0. The van der Waals surface area contributed by atoms with Crippen LogP contribution >= 0.6 is 0 Å². The van der Waals surface area contributed by atoms with Crippen molar-refractivity contribution in [3.8, 4) is 0 Å². The van der Waals surface area contributed by atoms with E-state index in [2.05, 4.69) is 6.92 Å². The molecule has 0 spiro atoms. The summed E-state index contributed by atoms with van der Waals surface area (Å²) in [6, 6.07) is 0. The van der Waals surface area contributed by atoms with E-state index in [4.69, 9.17) is 4.74 Å². The van der Waals surface area contributed by atoms with Crippen molar-refractivity contribution >= 4 is 5.91 Å². The standard InChI is InChI=1S/C12H25NO2/c1-4-7-10-15-11-8-9-12(14)13(5-2)6-3/h4-11H2,1-3H3. The summed E-state index contributed by atoms with van der Waals surface area (Å²) in [4.78, 5) is 13.4. The Morgan fingerprint density at radius 1 is 1.07 bits per heavy atom. The highest BCUT2D eigenvalue weighted by molar-refractivity contribution is 5.76. The molecule has 0 aromatic heterocycles. The van der Waals surface area contributed by atoms with Gasteiger partial charge in [0.25, 0.3) is 0 Å².